The molecule has 0 aliphatic rings. The van der Waals surface area contributed by atoms with E-state index in [4.69, 9.17) is 11.6 Å². The Labute approximate surface area is 125 Å². The van der Waals surface area contributed by atoms with Gasteiger partial charge in [0.1, 0.15) is 5.15 Å². The maximum Gasteiger partial charge on any atom is 0.329 e. The molecule has 0 amide bonds. The smallest absolute Gasteiger partial charge is 0.297 e. The van der Waals surface area contributed by atoms with Crippen LogP contribution in [0.4, 0.5) is 0 Å². The van der Waals surface area contributed by atoms with E-state index in [1.54, 1.807) is 11.8 Å². The van der Waals surface area contributed by atoms with Gasteiger partial charge in [0.2, 0.25) is 0 Å². The quantitative estimate of drug-likeness (QED) is 0.883. The van der Waals surface area contributed by atoms with E-state index in [1.165, 1.54) is 4.57 Å². The van der Waals surface area contributed by atoms with Crippen LogP contribution in [0.15, 0.2) is 33.9 Å². The van der Waals surface area contributed by atoms with Gasteiger partial charge < -0.3 is 0 Å². The fourth-order valence-corrected chi connectivity index (χ4v) is 2.54. The first-order valence-corrected chi connectivity index (χ1v) is 7.90. The highest BCUT2D eigenvalue weighted by atomic mass is 35.5. The van der Waals surface area contributed by atoms with Gasteiger partial charge in [-0.2, -0.15) is 11.8 Å². The van der Waals surface area contributed by atoms with Crippen LogP contribution in [0.25, 0.3) is 11.1 Å². The summed E-state index contributed by atoms with van der Waals surface area (Å²) < 4.78 is 1.19. The van der Waals surface area contributed by atoms with Gasteiger partial charge in [-0.15, -0.1) is 0 Å². The van der Waals surface area contributed by atoms with Crippen LogP contribution in [0, 0.1) is 6.92 Å². The second kappa shape index (κ2) is 6.33. The number of aromatic nitrogens is 2. The molecule has 1 N–H and O–H groups in total. The van der Waals surface area contributed by atoms with Gasteiger partial charge in [-0.05, 0) is 18.7 Å². The molecule has 1 heterocycles. The average Bonchev–Trinajstić information content (AvgIpc) is 2.40. The zero-order valence-corrected chi connectivity index (χ0v) is 12.8. The SMILES string of the molecule is CSCCn1c(=O)[nH]c(Cl)c(-c2ccc(C)cc2)c1=O. The Morgan fingerprint density at radius 1 is 1.25 bits per heavy atom. The Bertz CT molecular complexity index is 719. The molecule has 0 bridgehead atoms. The van der Waals surface area contributed by atoms with Crippen molar-refractivity contribution in [3.8, 4) is 11.1 Å². The molecule has 0 saturated heterocycles. The minimum atomic E-state index is -0.468. The number of rotatable bonds is 4. The number of thioether (sulfide) groups is 1. The molecule has 4 nitrogen and oxygen atoms in total. The summed E-state index contributed by atoms with van der Waals surface area (Å²) in [7, 11) is 0. The lowest BCUT2D eigenvalue weighted by atomic mass is 10.1. The Hall–Kier alpha value is -1.46. The lowest BCUT2D eigenvalue weighted by Crippen LogP contribution is -2.36. The van der Waals surface area contributed by atoms with Gasteiger partial charge in [-0.3, -0.25) is 14.3 Å². The number of aromatic amines is 1. The van der Waals surface area contributed by atoms with Crippen LogP contribution >= 0.6 is 23.4 Å². The molecule has 20 heavy (non-hydrogen) atoms. The molecule has 2 aromatic rings. The number of aryl methyl sites for hydroxylation is 1. The fraction of sp³-hybridized carbons (Fsp3) is 0.286. The maximum absolute atomic E-state index is 12.5. The van der Waals surface area contributed by atoms with Crippen LogP contribution in [0.3, 0.4) is 0 Å². The largest absolute Gasteiger partial charge is 0.329 e. The van der Waals surface area contributed by atoms with Crippen molar-refractivity contribution in [2.24, 2.45) is 0 Å². The normalized spacial score (nSPS) is 10.8. The van der Waals surface area contributed by atoms with Crippen molar-refractivity contribution < 1.29 is 0 Å². The lowest BCUT2D eigenvalue weighted by Gasteiger charge is -2.09. The van der Waals surface area contributed by atoms with Crippen molar-refractivity contribution in [1.82, 2.24) is 9.55 Å². The number of hydrogen-bond acceptors (Lipinski definition) is 3. The topological polar surface area (TPSA) is 54.9 Å². The van der Waals surface area contributed by atoms with Crippen LogP contribution < -0.4 is 11.2 Å². The fourth-order valence-electron chi connectivity index (χ4n) is 1.90. The summed E-state index contributed by atoms with van der Waals surface area (Å²) in [4.78, 5) is 26.8. The zero-order valence-electron chi connectivity index (χ0n) is 11.3. The van der Waals surface area contributed by atoms with Crippen molar-refractivity contribution >= 4 is 23.4 Å². The van der Waals surface area contributed by atoms with Gasteiger partial charge >= 0.3 is 5.69 Å². The number of benzene rings is 1. The van der Waals surface area contributed by atoms with Gasteiger partial charge in [0.15, 0.2) is 0 Å². The van der Waals surface area contributed by atoms with E-state index in [0.717, 1.165) is 5.56 Å². The highest BCUT2D eigenvalue weighted by Gasteiger charge is 2.14. The Morgan fingerprint density at radius 3 is 2.50 bits per heavy atom. The summed E-state index contributed by atoms with van der Waals surface area (Å²) in [6, 6.07) is 7.47. The summed E-state index contributed by atoms with van der Waals surface area (Å²) in [5, 5.41) is 0.0873. The average molecular weight is 311 g/mol. The van der Waals surface area contributed by atoms with Crippen LogP contribution in [0.5, 0.6) is 0 Å². The minimum absolute atomic E-state index is 0.0873. The predicted octanol–water partition coefficient (Wildman–Crippen LogP) is 2.53. The molecule has 1 aromatic heterocycles. The van der Waals surface area contributed by atoms with E-state index in [-0.39, 0.29) is 10.7 Å². The minimum Gasteiger partial charge on any atom is -0.297 e. The van der Waals surface area contributed by atoms with E-state index >= 15 is 0 Å². The first kappa shape index (κ1) is 14.9. The third kappa shape index (κ3) is 2.99. The van der Waals surface area contributed by atoms with Gasteiger partial charge in [0.05, 0.1) is 5.56 Å². The van der Waals surface area contributed by atoms with Crippen LogP contribution in [-0.2, 0) is 6.54 Å². The first-order chi connectivity index (χ1) is 9.54. The van der Waals surface area contributed by atoms with Crippen molar-refractivity contribution in [3.05, 3.63) is 55.8 Å². The summed E-state index contributed by atoms with van der Waals surface area (Å²) >= 11 is 7.62. The van der Waals surface area contributed by atoms with Crippen molar-refractivity contribution in [2.75, 3.05) is 12.0 Å². The molecule has 0 saturated carbocycles. The Kier molecular flexibility index (Phi) is 4.73. The van der Waals surface area contributed by atoms with Crippen LogP contribution in [-0.4, -0.2) is 21.6 Å². The maximum atomic E-state index is 12.5. The Balaban J connectivity index is 2.61. The number of hydrogen-bond donors (Lipinski definition) is 1. The highest BCUT2D eigenvalue weighted by Crippen LogP contribution is 2.21. The number of nitrogens with one attached hydrogen (secondary N) is 1. The molecule has 2 rings (SSSR count). The molecule has 0 fully saturated rings. The van der Waals surface area contributed by atoms with E-state index in [2.05, 4.69) is 4.98 Å². The third-order valence-electron chi connectivity index (χ3n) is 3.00. The molecule has 0 atom stereocenters. The summed E-state index contributed by atoms with van der Waals surface area (Å²) in [5.41, 5.74) is 1.32. The lowest BCUT2D eigenvalue weighted by molar-refractivity contribution is 0.682. The molecule has 0 aliphatic heterocycles. The summed E-state index contributed by atoms with van der Waals surface area (Å²) in [5.74, 6) is 0.692. The first-order valence-electron chi connectivity index (χ1n) is 6.13. The number of H-pyrrole nitrogens is 1. The molecular formula is C14H15ClN2O2S. The molecule has 0 radical (unpaired) electrons. The zero-order chi connectivity index (χ0) is 14.7. The molecule has 1 aromatic carbocycles. The van der Waals surface area contributed by atoms with E-state index in [0.29, 0.717) is 23.4 Å². The second-order valence-electron chi connectivity index (χ2n) is 4.43. The van der Waals surface area contributed by atoms with Crippen molar-refractivity contribution in [1.29, 1.82) is 0 Å². The number of nitrogens with zero attached hydrogens (tertiary/aromatic N) is 1. The summed E-state index contributed by atoms with van der Waals surface area (Å²) in [6.07, 6.45) is 1.93. The van der Waals surface area contributed by atoms with Gasteiger partial charge in [-0.1, -0.05) is 41.4 Å². The standard InChI is InChI=1S/C14H15ClN2O2S/c1-9-3-5-10(6-4-9)11-12(15)16-14(19)17(13(11)18)7-8-20-2/h3-6H,7-8H2,1-2H3,(H,16,19). The molecular weight excluding hydrogens is 296 g/mol. The van der Waals surface area contributed by atoms with Crippen LogP contribution in [0.2, 0.25) is 5.15 Å². The molecule has 0 unspecified atom stereocenters. The second-order valence-corrected chi connectivity index (χ2v) is 5.80. The van der Waals surface area contributed by atoms with Crippen molar-refractivity contribution in [3.63, 3.8) is 0 Å². The van der Waals surface area contributed by atoms with E-state index in [1.807, 2.05) is 37.4 Å². The molecule has 6 heteroatoms. The van der Waals surface area contributed by atoms with Crippen molar-refractivity contribution in [2.45, 2.75) is 13.5 Å². The van der Waals surface area contributed by atoms with E-state index < -0.39 is 5.69 Å². The highest BCUT2D eigenvalue weighted by molar-refractivity contribution is 7.98. The molecule has 0 aliphatic carbocycles. The monoisotopic (exact) mass is 310 g/mol. The molecule has 0 spiro atoms. The molecule has 106 valence electrons. The third-order valence-corrected chi connectivity index (χ3v) is 3.87. The summed E-state index contributed by atoms with van der Waals surface area (Å²) in [6.45, 7) is 2.33. The van der Waals surface area contributed by atoms with Gasteiger partial charge in [-0.25, -0.2) is 4.79 Å². The van der Waals surface area contributed by atoms with E-state index in [9.17, 15) is 9.59 Å². The van der Waals surface area contributed by atoms with Gasteiger partial charge in [0, 0.05) is 12.3 Å². The predicted molar refractivity (Wildman–Crippen MR) is 84.9 cm³/mol. The van der Waals surface area contributed by atoms with Gasteiger partial charge in [0.25, 0.3) is 5.56 Å². The number of halogens is 1. The van der Waals surface area contributed by atoms with Crippen LogP contribution in [0.1, 0.15) is 5.56 Å². The Morgan fingerprint density at radius 2 is 1.90 bits per heavy atom.